The third-order valence-corrected chi connectivity index (χ3v) is 12.9. The van der Waals surface area contributed by atoms with E-state index in [1.165, 1.54) is 167 Å². The van der Waals surface area contributed by atoms with Crippen LogP contribution >= 0.6 is 0 Å². The van der Waals surface area contributed by atoms with Crippen LogP contribution in [0.5, 0.6) is 0 Å². The Kier molecular flexibility index (Phi) is 52.6. The van der Waals surface area contributed by atoms with Gasteiger partial charge in [-0.2, -0.15) is 0 Å². The summed E-state index contributed by atoms with van der Waals surface area (Å²) < 4.78 is 5.92. The Morgan fingerprint density at radius 2 is 0.824 bits per heavy atom. The molecule has 0 bridgehead atoms. The fraction of sp³-hybridized carbons (Fsp3) is 0.742. The molecule has 0 aliphatic carbocycles. The molecule has 0 aromatic heterocycles. The van der Waals surface area contributed by atoms with Gasteiger partial charge < -0.3 is 20.3 Å². The van der Waals surface area contributed by atoms with Crippen LogP contribution < -0.4 is 5.32 Å². The van der Waals surface area contributed by atoms with Gasteiger partial charge in [-0.15, -0.1) is 0 Å². The first-order valence-corrected chi connectivity index (χ1v) is 28.9. The van der Waals surface area contributed by atoms with Gasteiger partial charge in [0.05, 0.1) is 25.2 Å². The zero-order valence-electron chi connectivity index (χ0n) is 44.7. The molecule has 0 aliphatic heterocycles. The molecule has 6 heteroatoms. The lowest BCUT2D eigenvalue weighted by atomic mass is 10.0. The highest BCUT2D eigenvalue weighted by atomic mass is 16.5. The molecule has 3 N–H and O–H groups in total. The topological polar surface area (TPSA) is 95.9 Å². The summed E-state index contributed by atoms with van der Waals surface area (Å²) in [6, 6.07) is -0.731. The van der Waals surface area contributed by atoms with Crippen molar-refractivity contribution >= 4 is 11.9 Å². The van der Waals surface area contributed by atoms with E-state index in [-0.39, 0.29) is 24.9 Å². The number of hydrogen-bond acceptors (Lipinski definition) is 5. The summed E-state index contributed by atoms with van der Waals surface area (Å²) in [7, 11) is 0. The Morgan fingerprint density at radius 1 is 0.441 bits per heavy atom. The lowest BCUT2D eigenvalue weighted by Crippen LogP contribution is -2.46. The van der Waals surface area contributed by atoms with Crippen molar-refractivity contribution in [1.29, 1.82) is 0 Å². The van der Waals surface area contributed by atoms with Gasteiger partial charge in [-0.25, -0.2) is 0 Å². The third-order valence-electron chi connectivity index (χ3n) is 12.9. The van der Waals surface area contributed by atoms with Crippen LogP contribution in [0.4, 0.5) is 0 Å². The summed E-state index contributed by atoms with van der Waals surface area (Å²) in [5, 5.41) is 23.8. The van der Waals surface area contributed by atoms with E-state index < -0.39 is 18.2 Å². The summed E-state index contributed by atoms with van der Waals surface area (Å²) in [4.78, 5) is 26.3. The van der Waals surface area contributed by atoms with Gasteiger partial charge in [0.25, 0.3) is 0 Å². The molecular weight excluding hydrogens is 839 g/mol. The third kappa shape index (κ3) is 49.5. The second kappa shape index (κ2) is 55.0. The molecule has 6 nitrogen and oxygen atoms in total. The molecule has 1 amide bonds. The first-order chi connectivity index (χ1) is 33.5. The average molecular weight is 949 g/mol. The zero-order chi connectivity index (χ0) is 49.5. The van der Waals surface area contributed by atoms with Crippen LogP contribution in [0.25, 0.3) is 0 Å². The van der Waals surface area contributed by atoms with Gasteiger partial charge in [0.1, 0.15) is 6.10 Å². The number of allylic oxidation sites excluding steroid dienone is 14. The van der Waals surface area contributed by atoms with E-state index in [9.17, 15) is 19.8 Å². The number of rotatable bonds is 51. The largest absolute Gasteiger partial charge is 0.462 e. The molecular formula is C62H109NO5. The Morgan fingerprint density at radius 3 is 1.26 bits per heavy atom. The molecule has 0 saturated carbocycles. The summed E-state index contributed by atoms with van der Waals surface area (Å²) in [5.74, 6) is -0.549. The van der Waals surface area contributed by atoms with E-state index in [4.69, 9.17) is 4.74 Å². The number of hydrogen-bond donors (Lipinski definition) is 3. The van der Waals surface area contributed by atoms with E-state index in [2.05, 4.69) is 50.4 Å². The fourth-order valence-corrected chi connectivity index (χ4v) is 8.52. The number of carbonyl (C=O) groups excluding carboxylic acids is 2. The number of esters is 1. The molecule has 0 aromatic rings. The average Bonchev–Trinajstić information content (AvgIpc) is 3.33. The molecule has 3 unspecified atom stereocenters. The Bertz CT molecular complexity index is 1290. The number of unbranched alkanes of at least 4 members (excludes halogenated alkanes) is 30. The van der Waals surface area contributed by atoms with Gasteiger partial charge in [-0.3, -0.25) is 9.59 Å². The quantitative estimate of drug-likeness (QED) is 0.0244. The molecule has 68 heavy (non-hydrogen) atoms. The predicted molar refractivity (Wildman–Crippen MR) is 296 cm³/mol. The minimum absolute atomic E-state index is 0.0232. The fourth-order valence-electron chi connectivity index (χ4n) is 8.52. The SMILES string of the molecule is CC\C=C/C=C/C=C/C=C\C=C\C=C\CCCC(CC(=O)NC(CO)C(O)CCCCCCCCCCCCCCCCC)OC(=O)CCCCCCCCCCC/C=C/CCCCCCCC. The Balaban J connectivity index is 4.64. The van der Waals surface area contributed by atoms with Gasteiger partial charge >= 0.3 is 5.97 Å². The summed E-state index contributed by atoms with van der Waals surface area (Å²) in [6.45, 7) is 6.33. The predicted octanol–water partition coefficient (Wildman–Crippen LogP) is 17.9. The monoisotopic (exact) mass is 948 g/mol. The summed E-state index contributed by atoms with van der Waals surface area (Å²) in [5.41, 5.74) is 0. The van der Waals surface area contributed by atoms with E-state index in [1.807, 2.05) is 60.8 Å². The maximum Gasteiger partial charge on any atom is 0.306 e. The molecule has 0 radical (unpaired) electrons. The number of nitrogens with one attached hydrogen (secondary N) is 1. The second-order valence-electron chi connectivity index (χ2n) is 19.5. The molecule has 0 rings (SSSR count). The van der Waals surface area contributed by atoms with Crippen molar-refractivity contribution in [1.82, 2.24) is 5.32 Å². The van der Waals surface area contributed by atoms with Crippen molar-refractivity contribution in [3.63, 3.8) is 0 Å². The van der Waals surface area contributed by atoms with Crippen LogP contribution in [-0.2, 0) is 14.3 Å². The molecule has 0 heterocycles. The summed E-state index contributed by atoms with van der Waals surface area (Å²) >= 11 is 0. The molecule has 3 atom stereocenters. The van der Waals surface area contributed by atoms with Crippen LogP contribution in [0.15, 0.2) is 85.1 Å². The van der Waals surface area contributed by atoms with Gasteiger partial charge in [-0.05, 0) is 64.2 Å². The van der Waals surface area contributed by atoms with Crippen molar-refractivity contribution < 1.29 is 24.5 Å². The lowest BCUT2D eigenvalue weighted by Gasteiger charge is -2.24. The maximum absolute atomic E-state index is 13.3. The zero-order valence-corrected chi connectivity index (χ0v) is 44.7. The van der Waals surface area contributed by atoms with Crippen LogP contribution in [0.3, 0.4) is 0 Å². The minimum atomic E-state index is -0.812. The van der Waals surface area contributed by atoms with Crippen molar-refractivity contribution in [2.45, 2.75) is 289 Å². The highest BCUT2D eigenvalue weighted by Crippen LogP contribution is 2.18. The van der Waals surface area contributed by atoms with Gasteiger partial charge in [0, 0.05) is 6.42 Å². The molecule has 0 aromatic carbocycles. The number of aliphatic hydroxyl groups is 2. The van der Waals surface area contributed by atoms with Crippen LogP contribution in [-0.4, -0.2) is 46.9 Å². The van der Waals surface area contributed by atoms with E-state index in [0.717, 1.165) is 57.8 Å². The first kappa shape index (κ1) is 65.0. The molecule has 0 saturated heterocycles. The van der Waals surface area contributed by atoms with E-state index >= 15 is 0 Å². The minimum Gasteiger partial charge on any atom is -0.462 e. The lowest BCUT2D eigenvalue weighted by molar-refractivity contribution is -0.151. The molecule has 0 spiro atoms. The number of aliphatic hydroxyl groups excluding tert-OH is 2. The van der Waals surface area contributed by atoms with Crippen molar-refractivity contribution in [3.8, 4) is 0 Å². The van der Waals surface area contributed by atoms with Crippen molar-refractivity contribution in [3.05, 3.63) is 85.1 Å². The Labute approximate surface area is 421 Å². The normalized spacial score (nSPS) is 13.8. The van der Waals surface area contributed by atoms with Gasteiger partial charge in [0.15, 0.2) is 0 Å². The smallest absolute Gasteiger partial charge is 0.306 e. The standard InChI is InChI=1S/C62H109NO5/c1-4-7-10-13-16-19-22-25-28-29-30-31-34-37-40-43-46-49-52-55-62(67)68-58(53-50-47-44-41-38-35-32-26-23-20-17-14-11-8-5-2)56-61(66)63-59(57-64)60(65)54-51-48-45-42-39-36-33-27-24-21-18-15-12-9-6-3/h8,11,14,17,20,23,25-26,28,32,35,38,41,44,58-60,64-65H,4-7,9-10,12-13,15-16,18-19,21-22,24,27,29-31,33-34,36-37,39-40,42-43,45-57H2,1-3H3,(H,63,66)/b11-8-,17-14+,23-20+,28-25+,32-26-,38-35+,44-41+. The summed E-state index contributed by atoms with van der Waals surface area (Å²) in [6.07, 6.45) is 72.2. The Hall–Kier alpha value is -2.96. The van der Waals surface area contributed by atoms with Crippen LogP contribution in [0.1, 0.15) is 271 Å². The highest BCUT2D eigenvalue weighted by Gasteiger charge is 2.24. The first-order valence-electron chi connectivity index (χ1n) is 28.9. The number of carbonyl (C=O) groups is 2. The molecule has 0 fully saturated rings. The number of ether oxygens (including phenoxy) is 1. The van der Waals surface area contributed by atoms with Crippen molar-refractivity contribution in [2.24, 2.45) is 0 Å². The second-order valence-corrected chi connectivity index (χ2v) is 19.5. The van der Waals surface area contributed by atoms with Gasteiger partial charge in [0.2, 0.25) is 5.91 Å². The highest BCUT2D eigenvalue weighted by molar-refractivity contribution is 5.77. The maximum atomic E-state index is 13.3. The van der Waals surface area contributed by atoms with E-state index in [1.54, 1.807) is 0 Å². The molecule has 392 valence electrons. The van der Waals surface area contributed by atoms with Crippen molar-refractivity contribution in [2.75, 3.05) is 6.61 Å². The van der Waals surface area contributed by atoms with E-state index in [0.29, 0.717) is 19.3 Å². The molecule has 0 aliphatic rings. The van der Waals surface area contributed by atoms with Gasteiger partial charge in [-0.1, -0.05) is 279 Å². The van der Waals surface area contributed by atoms with Crippen LogP contribution in [0.2, 0.25) is 0 Å². The van der Waals surface area contributed by atoms with Crippen LogP contribution in [0, 0.1) is 0 Å². The number of amides is 1.